The van der Waals surface area contributed by atoms with Crippen molar-refractivity contribution in [2.24, 2.45) is 0 Å². The predicted molar refractivity (Wildman–Crippen MR) is 75.7 cm³/mol. The Bertz CT molecular complexity index is 245. The summed E-state index contributed by atoms with van der Waals surface area (Å²) in [6.07, 6.45) is 4.64. The average Bonchev–Trinajstić information content (AvgIpc) is 2.27. The van der Waals surface area contributed by atoms with Gasteiger partial charge in [-0.05, 0) is 66.7 Å². The Hall–Kier alpha value is -0.610. The molecule has 1 aliphatic rings. The van der Waals surface area contributed by atoms with Crippen molar-refractivity contribution in [1.29, 1.82) is 0 Å². The number of hydrogen-bond donors (Lipinski definition) is 1. The Kier molecular flexibility index (Phi) is 6.65. The van der Waals surface area contributed by atoms with Crippen molar-refractivity contribution in [3.05, 3.63) is 0 Å². The average molecular weight is 255 g/mol. The topological polar surface area (TPSA) is 35.6 Å². The summed E-state index contributed by atoms with van der Waals surface area (Å²) in [4.78, 5) is 16.4. The standard InChI is InChI=1S/C14H29N3O/c1-12-7-5-8-13(2)17(12)14(18)11-15-9-6-10-16(3)4/h12-13,15H,5-11H2,1-4H3/t12-,13+. The molecule has 4 nitrogen and oxygen atoms in total. The normalized spacial score (nSPS) is 24.6. The highest BCUT2D eigenvalue weighted by molar-refractivity contribution is 5.79. The smallest absolute Gasteiger partial charge is 0.237 e. The number of likely N-dealkylation sites (tertiary alicyclic amines) is 1. The van der Waals surface area contributed by atoms with Crippen LogP contribution in [0.5, 0.6) is 0 Å². The van der Waals surface area contributed by atoms with Gasteiger partial charge in [-0.3, -0.25) is 4.79 Å². The molecular formula is C14H29N3O. The summed E-state index contributed by atoms with van der Waals surface area (Å²) < 4.78 is 0. The fraction of sp³-hybridized carbons (Fsp3) is 0.929. The van der Waals surface area contributed by atoms with Gasteiger partial charge in [0.1, 0.15) is 0 Å². The molecule has 1 rings (SSSR count). The molecule has 1 amide bonds. The van der Waals surface area contributed by atoms with Gasteiger partial charge in [-0.15, -0.1) is 0 Å². The first-order valence-electron chi connectivity index (χ1n) is 7.19. The molecule has 0 aliphatic carbocycles. The van der Waals surface area contributed by atoms with Gasteiger partial charge in [0.2, 0.25) is 5.91 Å². The molecule has 1 saturated heterocycles. The molecule has 1 fully saturated rings. The molecule has 106 valence electrons. The summed E-state index contributed by atoms with van der Waals surface area (Å²) in [5, 5.41) is 3.26. The fourth-order valence-electron chi connectivity index (χ4n) is 2.72. The number of nitrogens with one attached hydrogen (secondary N) is 1. The second-order valence-electron chi connectivity index (χ2n) is 5.76. The Morgan fingerprint density at radius 2 is 1.89 bits per heavy atom. The van der Waals surface area contributed by atoms with E-state index in [1.165, 1.54) is 6.42 Å². The van der Waals surface area contributed by atoms with Crippen LogP contribution in [0.2, 0.25) is 0 Å². The zero-order valence-corrected chi connectivity index (χ0v) is 12.4. The third-order valence-corrected chi connectivity index (χ3v) is 3.72. The number of hydrogen-bond acceptors (Lipinski definition) is 3. The first-order chi connectivity index (χ1) is 8.52. The lowest BCUT2D eigenvalue weighted by Crippen LogP contribution is -2.50. The van der Waals surface area contributed by atoms with Gasteiger partial charge >= 0.3 is 0 Å². The molecule has 0 radical (unpaired) electrons. The monoisotopic (exact) mass is 255 g/mol. The van der Waals surface area contributed by atoms with Gasteiger partial charge in [-0.2, -0.15) is 0 Å². The van der Waals surface area contributed by atoms with Gasteiger partial charge in [-0.1, -0.05) is 0 Å². The number of nitrogens with zero attached hydrogens (tertiary/aromatic N) is 2. The van der Waals surface area contributed by atoms with Gasteiger partial charge in [0, 0.05) is 12.1 Å². The van der Waals surface area contributed by atoms with Crippen LogP contribution in [-0.4, -0.2) is 61.5 Å². The molecule has 0 bridgehead atoms. The van der Waals surface area contributed by atoms with Crippen LogP contribution in [0.15, 0.2) is 0 Å². The van der Waals surface area contributed by atoms with E-state index in [-0.39, 0.29) is 5.91 Å². The Morgan fingerprint density at radius 3 is 2.44 bits per heavy atom. The molecule has 0 aromatic heterocycles. The SMILES string of the molecule is C[C@@H]1CCC[C@H](C)N1C(=O)CNCCCN(C)C. The van der Waals surface area contributed by atoms with Gasteiger partial charge in [0.15, 0.2) is 0 Å². The van der Waals surface area contributed by atoms with E-state index < -0.39 is 0 Å². The largest absolute Gasteiger partial charge is 0.336 e. The van der Waals surface area contributed by atoms with Crippen LogP contribution in [0.3, 0.4) is 0 Å². The molecule has 2 atom stereocenters. The van der Waals surface area contributed by atoms with Crippen molar-refractivity contribution in [2.75, 3.05) is 33.7 Å². The van der Waals surface area contributed by atoms with E-state index in [9.17, 15) is 4.79 Å². The molecule has 1 heterocycles. The molecule has 1 N–H and O–H groups in total. The Balaban J connectivity index is 2.22. The second kappa shape index (κ2) is 7.74. The van der Waals surface area contributed by atoms with E-state index in [4.69, 9.17) is 0 Å². The van der Waals surface area contributed by atoms with E-state index in [2.05, 4.69) is 43.1 Å². The molecule has 0 unspecified atom stereocenters. The molecule has 0 aromatic carbocycles. The Morgan fingerprint density at radius 1 is 1.28 bits per heavy atom. The minimum Gasteiger partial charge on any atom is -0.336 e. The minimum absolute atomic E-state index is 0.263. The van der Waals surface area contributed by atoms with Crippen LogP contribution >= 0.6 is 0 Å². The maximum atomic E-state index is 12.2. The highest BCUT2D eigenvalue weighted by Crippen LogP contribution is 2.22. The first-order valence-corrected chi connectivity index (χ1v) is 7.19. The van der Waals surface area contributed by atoms with Crippen LogP contribution in [0.4, 0.5) is 0 Å². The third-order valence-electron chi connectivity index (χ3n) is 3.72. The van der Waals surface area contributed by atoms with Gasteiger partial charge in [0.25, 0.3) is 0 Å². The fourth-order valence-corrected chi connectivity index (χ4v) is 2.72. The zero-order chi connectivity index (χ0) is 13.5. The highest BCUT2D eigenvalue weighted by atomic mass is 16.2. The summed E-state index contributed by atoms with van der Waals surface area (Å²) in [6.45, 7) is 6.81. The second-order valence-corrected chi connectivity index (χ2v) is 5.76. The van der Waals surface area contributed by atoms with Gasteiger partial charge in [0.05, 0.1) is 6.54 Å². The van der Waals surface area contributed by atoms with Gasteiger partial charge in [-0.25, -0.2) is 0 Å². The van der Waals surface area contributed by atoms with E-state index in [1.807, 2.05) is 0 Å². The molecular weight excluding hydrogens is 226 g/mol. The van der Waals surface area contributed by atoms with Crippen LogP contribution in [-0.2, 0) is 4.79 Å². The maximum absolute atomic E-state index is 12.2. The lowest BCUT2D eigenvalue weighted by atomic mass is 9.97. The van der Waals surface area contributed by atoms with E-state index in [0.29, 0.717) is 18.6 Å². The summed E-state index contributed by atoms with van der Waals surface area (Å²) >= 11 is 0. The van der Waals surface area contributed by atoms with Crippen LogP contribution in [0.1, 0.15) is 39.5 Å². The lowest BCUT2D eigenvalue weighted by Gasteiger charge is -2.39. The van der Waals surface area contributed by atoms with E-state index in [1.54, 1.807) is 0 Å². The molecule has 0 saturated carbocycles. The maximum Gasteiger partial charge on any atom is 0.237 e. The highest BCUT2D eigenvalue weighted by Gasteiger charge is 2.28. The minimum atomic E-state index is 0.263. The summed E-state index contributed by atoms with van der Waals surface area (Å²) in [5.41, 5.74) is 0. The number of piperidine rings is 1. The van der Waals surface area contributed by atoms with Crippen LogP contribution < -0.4 is 5.32 Å². The van der Waals surface area contributed by atoms with Crippen molar-refractivity contribution in [2.45, 2.75) is 51.6 Å². The molecule has 18 heavy (non-hydrogen) atoms. The van der Waals surface area contributed by atoms with Crippen LogP contribution in [0, 0.1) is 0 Å². The first kappa shape index (κ1) is 15.4. The van der Waals surface area contributed by atoms with Crippen molar-refractivity contribution >= 4 is 5.91 Å². The summed E-state index contributed by atoms with van der Waals surface area (Å²) in [5.74, 6) is 0.263. The quantitative estimate of drug-likeness (QED) is 0.727. The predicted octanol–water partition coefficient (Wildman–Crippen LogP) is 1.32. The van der Waals surface area contributed by atoms with Crippen LogP contribution in [0.25, 0.3) is 0 Å². The number of rotatable bonds is 6. The molecule has 4 heteroatoms. The number of amides is 1. The van der Waals surface area contributed by atoms with E-state index >= 15 is 0 Å². The number of carbonyl (C=O) groups is 1. The molecule has 0 spiro atoms. The summed E-state index contributed by atoms with van der Waals surface area (Å²) in [7, 11) is 4.14. The van der Waals surface area contributed by atoms with Crippen molar-refractivity contribution in [3.8, 4) is 0 Å². The molecule has 0 aromatic rings. The molecule has 1 aliphatic heterocycles. The van der Waals surface area contributed by atoms with Crippen molar-refractivity contribution < 1.29 is 4.79 Å². The third kappa shape index (κ3) is 4.94. The van der Waals surface area contributed by atoms with Crippen molar-refractivity contribution in [1.82, 2.24) is 15.1 Å². The number of carbonyl (C=O) groups excluding carboxylic acids is 1. The van der Waals surface area contributed by atoms with E-state index in [0.717, 1.165) is 32.4 Å². The van der Waals surface area contributed by atoms with Crippen molar-refractivity contribution in [3.63, 3.8) is 0 Å². The summed E-state index contributed by atoms with van der Waals surface area (Å²) in [6, 6.07) is 0.814. The zero-order valence-electron chi connectivity index (χ0n) is 12.4. The Labute approximate surface area is 112 Å². The van der Waals surface area contributed by atoms with Gasteiger partial charge < -0.3 is 15.1 Å². The lowest BCUT2D eigenvalue weighted by molar-refractivity contribution is -0.136.